The average molecular weight is 193 g/mol. The number of nitrogen functional groups attached to an aromatic ring is 1. The van der Waals surface area contributed by atoms with Crippen LogP contribution in [0.4, 0.5) is 11.5 Å². The summed E-state index contributed by atoms with van der Waals surface area (Å²) in [7, 11) is 0. The number of pyridine rings is 1. The Morgan fingerprint density at radius 3 is 2.93 bits per heavy atom. The van der Waals surface area contributed by atoms with E-state index in [0.29, 0.717) is 18.3 Å². The maximum atomic E-state index is 8.96. The Morgan fingerprint density at radius 1 is 1.57 bits per heavy atom. The lowest BCUT2D eigenvalue weighted by molar-refractivity contribution is 0.301. The van der Waals surface area contributed by atoms with Crippen molar-refractivity contribution in [3.63, 3.8) is 0 Å². The first-order valence-electron chi connectivity index (χ1n) is 4.91. The second kappa shape index (κ2) is 3.84. The fourth-order valence-electron chi connectivity index (χ4n) is 1.60. The molecule has 1 saturated carbocycles. The number of hydrogen-bond donors (Lipinski definition) is 2. The van der Waals surface area contributed by atoms with E-state index in [4.69, 9.17) is 10.8 Å². The van der Waals surface area contributed by atoms with Gasteiger partial charge >= 0.3 is 0 Å². The van der Waals surface area contributed by atoms with E-state index in [0.717, 1.165) is 5.82 Å². The number of nitrogens with zero attached hydrogens (tertiary/aromatic N) is 2. The maximum absolute atomic E-state index is 8.96. The molecule has 0 radical (unpaired) electrons. The van der Waals surface area contributed by atoms with Gasteiger partial charge in [0, 0.05) is 18.8 Å². The molecule has 0 unspecified atom stereocenters. The Hall–Kier alpha value is -1.29. The van der Waals surface area contributed by atoms with E-state index < -0.39 is 0 Å². The van der Waals surface area contributed by atoms with Crippen LogP contribution in [-0.2, 0) is 0 Å². The second-order valence-electron chi connectivity index (χ2n) is 3.56. The van der Waals surface area contributed by atoms with Crippen LogP contribution < -0.4 is 10.6 Å². The van der Waals surface area contributed by atoms with Crippen molar-refractivity contribution >= 4 is 11.5 Å². The summed E-state index contributed by atoms with van der Waals surface area (Å²) in [6.45, 7) is 0.762. The maximum Gasteiger partial charge on any atom is 0.152 e. The molecule has 0 atom stereocenters. The summed E-state index contributed by atoms with van der Waals surface area (Å²) in [5, 5.41) is 8.96. The Morgan fingerprint density at radius 2 is 2.36 bits per heavy atom. The molecule has 14 heavy (non-hydrogen) atoms. The number of aliphatic hydroxyl groups is 1. The lowest BCUT2D eigenvalue weighted by Crippen LogP contribution is -2.30. The average Bonchev–Trinajstić information content (AvgIpc) is 2.99. The van der Waals surface area contributed by atoms with Crippen LogP contribution in [0.2, 0.25) is 0 Å². The van der Waals surface area contributed by atoms with E-state index in [1.54, 1.807) is 6.20 Å². The highest BCUT2D eigenvalue weighted by Gasteiger charge is 2.30. The molecular formula is C10H15N3O. The summed E-state index contributed by atoms with van der Waals surface area (Å²) >= 11 is 0. The van der Waals surface area contributed by atoms with Crippen LogP contribution in [0.3, 0.4) is 0 Å². The molecule has 4 nitrogen and oxygen atoms in total. The Kier molecular flexibility index (Phi) is 2.54. The molecule has 3 N–H and O–H groups in total. The van der Waals surface area contributed by atoms with Crippen LogP contribution in [0.1, 0.15) is 12.8 Å². The molecule has 4 heteroatoms. The van der Waals surface area contributed by atoms with Gasteiger partial charge in [0.25, 0.3) is 0 Å². The lowest BCUT2D eigenvalue weighted by Gasteiger charge is -2.23. The van der Waals surface area contributed by atoms with Gasteiger partial charge in [-0.3, -0.25) is 0 Å². The lowest BCUT2D eigenvalue weighted by atomic mass is 10.3. The highest BCUT2D eigenvalue weighted by molar-refractivity contribution is 5.63. The number of rotatable bonds is 4. The zero-order valence-corrected chi connectivity index (χ0v) is 8.06. The van der Waals surface area contributed by atoms with Gasteiger partial charge in [-0.05, 0) is 25.0 Å². The summed E-state index contributed by atoms with van der Waals surface area (Å²) in [6.07, 6.45) is 4.09. The summed E-state index contributed by atoms with van der Waals surface area (Å²) in [6, 6.07) is 4.19. The first-order chi connectivity index (χ1) is 6.83. The molecule has 76 valence electrons. The predicted molar refractivity (Wildman–Crippen MR) is 56.1 cm³/mol. The van der Waals surface area contributed by atoms with Gasteiger partial charge in [0.15, 0.2) is 5.82 Å². The molecule has 1 aliphatic rings. The van der Waals surface area contributed by atoms with Gasteiger partial charge in [0.1, 0.15) is 0 Å². The summed E-state index contributed by atoms with van der Waals surface area (Å²) < 4.78 is 0. The fraction of sp³-hybridized carbons (Fsp3) is 0.500. The molecule has 2 rings (SSSR count). The molecule has 0 saturated heterocycles. The van der Waals surface area contributed by atoms with E-state index in [1.165, 1.54) is 12.8 Å². The Labute approximate surface area is 83.4 Å². The molecule has 0 spiro atoms. The van der Waals surface area contributed by atoms with Crippen molar-refractivity contribution in [2.24, 2.45) is 0 Å². The Bertz CT molecular complexity index is 312. The second-order valence-corrected chi connectivity index (χ2v) is 3.56. The fourth-order valence-corrected chi connectivity index (χ4v) is 1.60. The van der Waals surface area contributed by atoms with Crippen molar-refractivity contribution in [2.75, 3.05) is 23.8 Å². The third-order valence-electron chi connectivity index (χ3n) is 2.42. The normalized spacial score (nSPS) is 15.5. The smallest absolute Gasteiger partial charge is 0.152 e. The van der Waals surface area contributed by atoms with Crippen molar-refractivity contribution in [1.82, 2.24) is 4.98 Å². The van der Waals surface area contributed by atoms with Gasteiger partial charge in [-0.2, -0.15) is 0 Å². The Balaban J connectivity index is 2.21. The van der Waals surface area contributed by atoms with Crippen molar-refractivity contribution < 1.29 is 5.11 Å². The van der Waals surface area contributed by atoms with Crippen LogP contribution in [0.5, 0.6) is 0 Å². The zero-order chi connectivity index (χ0) is 9.97. The molecular weight excluding hydrogens is 178 g/mol. The van der Waals surface area contributed by atoms with Gasteiger partial charge in [0.2, 0.25) is 0 Å². The SMILES string of the molecule is Nc1cccnc1N(CCO)C1CC1. The van der Waals surface area contributed by atoms with Gasteiger partial charge in [-0.15, -0.1) is 0 Å². The molecule has 0 aromatic carbocycles. The zero-order valence-electron chi connectivity index (χ0n) is 8.06. The molecule has 1 aliphatic carbocycles. The van der Waals surface area contributed by atoms with Gasteiger partial charge < -0.3 is 15.7 Å². The molecule has 1 fully saturated rings. The molecule has 0 amide bonds. The van der Waals surface area contributed by atoms with Crippen molar-refractivity contribution in [3.8, 4) is 0 Å². The van der Waals surface area contributed by atoms with Crippen molar-refractivity contribution in [1.29, 1.82) is 0 Å². The topological polar surface area (TPSA) is 62.4 Å². The number of aromatic nitrogens is 1. The number of nitrogens with two attached hydrogens (primary N) is 1. The quantitative estimate of drug-likeness (QED) is 0.736. The standard InChI is InChI=1S/C10H15N3O/c11-9-2-1-5-12-10(9)13(6-7-14)8-3-4-8/h1-2,5,8,14H,3-4,6-7,11H2. The summed E-state index contributed by atoms with van der Waals surface area (Å²) in [4.78, 5) is 6.34. The minimum Gasteiger partial charge on any atom is -0.396 e. The van der Waals surface area contributed by atoms with Gasteiger partial charge in [-0.1, -0.05) is 0 Å². The molecule has 1 heterocycles. The van der Waals surface area contributed by atoms with Crippen LogP contribution >= 0.6 is 0 Å². The van der Waals surface area contributed by atoms with Crippen LogP contribution in [0, 0.1) is 0 Å². The third kappa shape index (κ3) is 1.80. The summed E-state index contributed by atoms with van der Waals surface area (Å²) in [5.74, 6) is 0.809. The van der Waals surface area contributed by atoms with E-state index in [9.17, 15) is 0 Å². The number of hydrogen-bond acceptors (Lipinski definition) is 4. The van der Waals surface area contributed by atoms with E-state index in [1.807, 2.05) is 12.1 Å². The molecule has 1 aromatic rings. The van der Waals surface area contributed by atoms with Crippen LogP contribution in [0.15, 0.2) is 18.3 Å². The number of anilines is 2. The number of aliphatic hydroxyl groups excluding tert-OH is 1. The summed E-state index contributed by atoms with van der Waals surface area (Å²) in [5.41, 5.74) is 6.52. The van der Waals surface area contributed by atoms with E-state index in [-0.39, 0.29) is 6.61 Å². The third-order valence-corrected chi connectivity index (χ3v) is 2.42. The van der Waals surface area contributed by atoms with Crippen LogP contribution in [-0.4, -0.2) is 29.3 Å². The highest BCUT2D eigenvalue weighted by Crippen LogP contribution is 2.32. The molecule has 0 bridgehead atoms. The minimum absolute atomic E-state index is 0.145. The molecule has 1 aromatic heterocycles. The highest BCUT2D eigenvalue weighted by atomic mass is 16.3. The molecule has 0 aliphatic heterocycles. The predicted octanol–water partition coefficient (Wildman–Crippen LogP) is 0.625. The first kappa shape index (κ1) is 9.27. The largest absolute Gasteiger partial charge is 0.396 e. The van der Waals surface area contributed by atoms with Crippen LogP contribution in [0.25, 0.3) is 0 Å². The van der Waals surface area contributed by atoms with Gasteiger partial charge in [0.05, 0.1) is 12.3 Å². The first-order valence-corrected chi connectivity index (χ1v) is 4.91. The van der Waals surface area contributed by atoms with Gasteiger partial charge in [-0.25, -0.2) is 4.98 Å². The van der Waals surface area contributed by atoms with E-state index in [2.05, 4.69) is 9.88 Å². The van der Waals surface area contributed by atoms with Crippen molar-refractivity contribution in [3.05, 3.63) is 18.3 Å². The van der Waals surface area contributed by atoms with Crippen molar-refractivity contribution in [2.45, 2.75) is 18.9 Å². The minimum atomic E-state index is 0.145. The monoisotopic (exact) mass is 193 g/mol. The van der Waals surface area contributed by atoms with E-state index >= 15 is 0 Å².